The zero-order valence-electron chi connectivity index (χ0n) is 14.5. The maximum atomic E-state index is 13.8. The Labute approximate surface area is 172 Å². The summed E-state index contributed by atoms with van der Waals surface area (Å²) in [6.45, 7) is 0.846. The number of benzene rings is 2. The maximum absolute atomic E-state index is 13.8. The minimum atomic E-state index is -0.643. The standard InChI is InChI=1S/C18H18F3N3O2.HI/c1-22-18(23-7-11-2-14(19)6-15(20)3-11)24-8-12-4-16(21)5-13-9-25-10-26-17(12)13;/h2-6H,7-10H2,1H3,(H2,22,23,24);1H. The molecular weight excluding hydrogens is 474 g/mol. The highest BCUT2D eigenvalue weighted by Gasteiger charge is 2.17. The molecule has 0 bridgehead atoms. The average molecular weight is 493 g/mol. The van der Waals surface area contributed by atoms with Gasteiger partial charge in [0.15, 0.2) is 12.8 Å². The van der Waals surface area contributed by atoms with Crippen LogP contribution in [0.1, 0.15) is 16.7 Å². The fraction of sp³-hybridized carbons (Fsp3) is 0.278. The molecule has 9 heteroatoms. The zero-order valence-corrected chi connectivity index (χ0v) is 16.9. The molecule has 0 fully saturated rings. The van der Waals surface area contributed by atoms with Crippen molar-refractivity contribution in [3.05, 3.63) is 64.5 Å². The van der Waals surface area contributed by atoms with Crippen molar-refractivity contribution in [1.82, 2.24) is 10.6 Å². The number of aliphatic imine (C=N–C) groups is 1. The van der Waals surface area contributed by atoms with Crippen LogP contribution in [-0.4, -0.2) is 19.8 Å². The fourth-order valence-corrected chi connectivity index (χ4v) is 2.69. The van der Waals surface area contributed by atoms with Gasteiger partial charge in [-0.3, -0.25) is 4.99 Å². The molecule has 0 atom stereocenters. The molecule has 0 unspecified atom stereocenters. The van der Waals surface area contributed by atoms with Gasteiger partial charge >= 0.3 is 0 Å². The second-order valence-corrected chi connectivity index (χ2v) is 5.72. The number of halogens is 4. The number of ether oxygens (including phenoxy) is 2. The summed E-state index contributed by atoms with van der Waals surface area (Å²) < 4.78 is 50.8. The SMILES string of the molecule is CN=C(NCc1cc(F)cc(F)c1)NCc1cc(F)cc2c1OCOC2.I. The Kier molecular flexibility index (Phi) is 7.72. The van der Waals surface area contributed by atoms with Crippen molar-refractivity contribution in [2.45, 2.75) is 19.7 Å². The lowest BCUT2D eigenvalue weighted by Gasteiger charge is -2.21. The van der Waals surface area contributed by atoms with E-state index in [1.54, 1.807) is 7.05 Å². The Hall–Kier alpha value is -2.01. The van der Waals surface area contributed by atoms with Gasteiger partial charge in [0.05, 0.1) is 6.61 Å². The van der Waals surface area contributed by atoms with Crippen molar-refractivity contribution in [3.63, 3.8) is 0 Å². The van der Waals surface area contributed by atoms with Gasteiger partial charge in [0.2, 0.25) is 0 Å². The lowest BCUT2D eigenvalue weighted by molar-refractivity contribution is -0.0172. The number of hydrogen-bond acceptors (Lipinski definition) is 3. The van der Waals surface area contributed by atoms with Crippen LogP contribution in [0.3, 0.4) is 0 Å². The normalized spacial score (nSPS) is 13.3. The van der Waals surface area contributed by atoms with Crippen molar-refractivity contribution in [3.8, 4) is 5.75 Å². The van der Waals surface area contributed by atoms with Gasteiger partial charge in [-0.25, -0.2) is 13.2 Å². The van der Waals surface area contributed by atoms with E-state index in [1.807, 2.05) is 0 Å². The number of hydrogen-bond donors (Lipinski definition) is 2. The molecule has 0 saturated carbocycles. The predicted octanol–water partition coefficient (Wildman–Crippen LogP) is 3.45. The monoisotopic (exact) mass is 493 g/mol. The van der Waals surface area contributed by atoms with Crippen LogP contribution in [0.4, 0.5) is 13.2 Å². The number of rotatable bonds is 4. The third kappa shape index (κ3) is 5.73. The molecule has 1 aliphatic rings. The summed E-state index contributed by atoms with van der Waals surface area (Å²) in [7, 11) is 1.56. The van der Waals surface area contributed by atoms with E-state index in [0.717, 1.165) is 6.07 Å². The first-order valence-electron chi connectivity index (χ1n) is 7.96. The van der Waals surface area contributed by atoms with Gasteiger partial charge < -0.3 is 20.1 Å². The Morgan fingerprint density at radius 1 is 1.00 bits per heavy atom. The summed E-state index contributed by atoms with van der Waals surface area (Å²) in [4.78, 5) is 4.05. The summed E-state index contributed by atoms with van der Waals surface area (Å²) in [6.07, 6.45) is 0. The minimum Gasteiger partial charge on any atom is -0.467 e. The number of nitrogens with zero attached hydrogens (tertiary/aromatic N) is 1. The van der Waals surface area contributed by atoms with Crippen LogP contribution >= 0.6 is 24.0 Å². The first-order chi connectivity index (χ1) is 12.5. The van der Waals surface area contributed by atoms with Gasteiger partial charge in [-0.1, -0.05) is 0 Å². The molecule has 0 saturated heterocycles. The summed E-state index contributed by atoms with van der Waals surface area (Å²) >= 11 is 0. The van der Waals surface area contributed by atoms with E-state index >= 15 is 0 Å². The van der Waals surface area contributed by atoms with Gasteiger partial charge in [-0.2, -0.15) is 0 Å². The van der Waals surface area contributed by atoms with Crippen LogP contribution in [-0.2, 0) is 24.4 Å². The van der Waals surface area contributed by atoms with Crippen molar-refractivity contribution in [1.29, 1.82) is 0 Å². The summed E-state index contributed by atoms with van der Waals surface area (Å²) in [6, 6.07) is 6.05. The molecule has 2 aromatic carbocycles. The van der Waals surface area contributed by atoms with Crippen LogP contribution in [0, 0.1) is 17.5 Å². The van der Waals surface area contributed by atoms with Crippen molar-refractivity contribution in [2.75, 3.05) is 13.8 Å². The number of nitrogens with one attached hydrogen (secondary N) is 2. The summed E-state index contributed by atoms with van der Waals surface area (Å²) in [5.74, 6) is -0.675. The highest BCUT2D eigenvalue weighted by atomic mass is 127. The molecular formula is C18H19F3IN3O2. The van der Waals surface area contributed by atoms with Crippen LogP contribution in [0.25, 0.3) is 0 Å². The molecule has 146 valence electrons. The van der Waals surface area contributed by atoms with E-state index in [9.17, 15) is 13.2 Å². The largest absolute Gasteiger partial charge is 0.467 e. The van der Waals surface area contributed by atoms with Gasteiger partial charge in [0, 0.05) is 37.3 Å². The number of fused-ring (bicyclic) bond motifs is 1. The molecule has 27 heavy (non-hydrogen) atoms. The van der Waals surface area contributed by atoms with Gasteiger partial charge in [0.25, 0.3) is 0 Å². The predicted molar refractivity (Wildman–Crippen MR) is 105 cm³/mol. The van der Waals surface area contributed by atoms with Crippen LogP contribution in [0.15, 0.2) is 35.3 Å². The lowest BCUT2D eigenvalue weighted by atomic mass is 10.1. The highest BCUT2D eigenvalue weighted by molar-refractivity contribution is 14.0. The Morgan fingerprint density at radius 3 is 2.37 bits per heavy atom. The Balaban J connectivity index is 0.00000261. The molecule has 5 nitrogen and oxygen atoms in total. The van der Waals surface area contributed by atoms with E-state index in [4.69, 9.17) is 9.47 Å². The van der Waals surface area contributed by atoms with E-state index in [2.05, 4.69) is 15.6 Å². The van der Waals surface area contributed by atoms with Crippen molar-refractivity contribution >= 4 is 29.9 Å². The molecule has 1 aliphatic heterocycles. The topological polar surface area (TPSA) is 54.9 Å². The molecule has 0 aromatic heterocycles. The smallest absolute Gasteiger partial charge is 0.191 e. The summed E-state index contributed by atoms with van der Waals surface area (Å²) in [5, 5.41) is 5.98. The maximum Gasteiger partial charge on any atom is 0.191 e. The van der Waals surface area contributed by atoms with Crippen LogP contribution in [0.2, 0.25) is 0 Å². The van der Waals surface area contributed by atoms with E-state index < -0.39 is 11.6 Å². The number of guanidine groups is 1. The second kappa shape index (κ2) is 9.79. The average Bonchev–Trinajstić information content (AvgIpc) is 2.60. The Bertz CT molecular complexity index is 813. The Morgan fingerprint density at radius 2 is 1.67 bits per heavy atom. The van der Waals surface area contributed by atoms with Crippen LogP contribution in [0.5, 0.6) is 5.75 Å². The second-order valence-electron chi connectivity index (χ2n) is 5.72. The van der Waals surface area contributed by atoms with E-state index in [0.29, 0.717) is 28.4 Å². The molecule has 0 spiro atoms. The van der Waals surface area contributed by atoms with E-state index in [-0.39, 0.29) is 56.3 Å². The molecule has 0 aliphatic carbocycles. The molecule has 0 radical (unpaired) electrons. The van der Waals surface area contributed by atoms with Crippen LogP contribution < -0.4 is 15.4 Å². The third-order valence-corrected chi connectivity index (χ3v) is 3.80. The van der Waals surface area contributed by atoms with Gasteiger partial charge in [-0.15, -0.1) is 24.0 Å². The van der Waals surface area contributed by atoms with Crippen molar-refractivity contribution < 1.29 is 22.6 Å². The van der Waals surface area contributed by atoms with Gasteiger partial charge in [-0.05, 0) is 29.8 Å². The quantitative estimate of drug-likeness (QED) is 0.390. The molecule has 2 aromatic rings. The first-order valence-corrected chi connectivity index (χ1v) is 7.96. The van der Waals surface area contributed by atoms with E-state index in [1.165, 1.54) is 24.3 Å². The van der Waals surface area contributed by atoms with Gasteiger partial charge in [0.1, 0.15) is 23.2 Å². The first kappa shape index (κ1) is 21.3. The molecule has 2 N–H and O–H groups in total. The fourth-order valence-electron chi connectivity index (χ4n) is 2.69. The minimum absolute atomic E-state index is 0. The summed E-state index contributed by atoms with van der Waals surface area (Å²) in [5.41, 5.74) is 1.71. The molecule has 0 amide bonds. The lowest BCUT2D eigenvalue weighted by Crippen LogP contribution is -2.36. The molecule has 3 rings (SSSR count). The zero-order chi connectivity index (χ0) is 18.5. The highest BCUT2D eigenvalue weighted by Crippen LogP contribution is 2.29. The van der Waals surface area contributed by atoms with Crippen molar-refractivity contribution in [2.24, 2.45) is 4.99 Å². The third-order valence-electron chi connectivity index (χ3n) is 3.80. The molecule has 1 heterocycles.